The fourth-order valence-corrected chi connectivity index (χ4v) is 3.61. The number of carboxylic acid groups (broad SMARTS) is 1. The molecule has 1 aromatic heterocycles. The second kappa shape index (κ2) is 7.39. The molecule has 2 heterocycles. The molecule has 1 fully saturated rings. The SMILES string of the molecule is N#CC[C@H]1CN(c2nc(Cl)nc3c(F)c(Br)c(Cl)cc23)CCN1C(=O)O. The first-order valence-corrected chi connectivity index (χ1v) is 9.00. The number of fused-ring (bicyclic) bond motifs is 1. The van der Waals surface area contributed by atoms with Crippen LogP contribution in [0.4, 0.5) is 15.0 Å². The third-order valence-corrected chi connectivity index (χ3v) is 5.61. The van der Waals surface area contributed by atoms with Gasteiger partial charge in [-0.2, -0.15) is 10.2 Å². The smallest absolute Gasteiger partial charge is 0.407 e. The molecule has 0 saturated carbocycles. The molecule has 2 aromatic rings. The largest absolute Gasteiger partial charge is 0.465 e. The van der Waals surface area contributed by atoms with Crippen LogP contribution in [0.1, 0.15) is 6.42 Å². The van der Waals surface area contributed by atoms with Crippen LogP contribution in [-0.2, 0) is 0 Å². The van der Waals surface area contributed by atoms with Gasteiger partial charge in [0.1, 0.15) is 11.3 Å². The molecule has 1 saturated heterocycles. The molecule has 1 aliphatic rings. The van der Waals surface area contributed by atoms with Crippen LogP contribution < -0.4 is 4.90 Å². The van der Waals surface area contributed by atoms with Crippen molar-refractivity contribution in [3.05, 3.63) is 26.7 Å². The van der Waals surface area contributed by atoms with E-state index in [2.05, 4.69) is 25.9 Å². The maximum Gasteiger partial charge on any atom is 0.407 e. The highest BCUT2D eigenvalue weighted by Crippen LogP contribution is 2.36. The first kappa shape index (κ1) is 18.9. The summed E-state index contributed by atoms with van der Waals surface area (Å²) >= 11 is 15.1. The third kappa shape index (κ3) is 3.37. The number of halogens is 4. The molecular formula is C15H11BrCl2FN5O2. The van der Waals surface area contributed by atoms with Crippen molar-refractivity contribution >= 4 is 61.9 Å². The topological polar surface area (TPSA) is 93.4 Å². The first-order valence-electron chi connectivity index (χ1n) is 7.45. The van der Waals surface area contributed by atoms with Gasteiger partial charge in [0.05, 0.1) is 28.0 Å². The normalized spacial score (nSPS) is 17.4. The Kier molecular flexibility index (Phi) is 5.37. The van der Waals surface area contributed by atoms with Crippen LogP contribution in [0.15, 0.2) is 10.5 Å². The maximum atomic E-state index is 14.5. The number of amides is 1. The highest BCUT2D eigenvalue weighted by Gasteiger charge is 2.32. The van der Waals surface area contributed by atoms with Crippen molar-refractivity contribution in [2.24, 2.45) is 0 Å². The molecule has 1 aliphatic heterocycles. The van der Waals surface area contributed by atoms with Gasteiger partial charge >= 0.3 is 6.09 Å². The molecule has 7 nitrogen and oxygen atoms in total. The molecule has 0 unspecified atom stereocenters. The number of aromatic nitrogens is 2. The van der Waals surface area contributed by atoms with Crippen molar-refractivity contribution in [1.82, 2.24) is 14.9 Å². The van der Waals surface area contributed by atoms with E-state index in [1.807, 2.05) is 6.07 Å². The molecule has 1 amide bonds. The minimum absolute atomic E-state index is 0.00812. The van der Waals surface area contributed by atoms with E-state index >= 15 is 0 Å². The third-order valence-electron chi connectivity index (χ3n) is 4.13. The molecule has 0 bridgehead atoms. The van der Waals surface area contributed by atoms with Crippen molar-refractivity contribution in [3.63, 3.8) is 0 Å². The van der Waals surface area contributed by atoms with Crippen molar-refractivity contribution in [2.75, 3.05) is 24.5 Å². The van der Waals surface area contributed by atoms with Crippen LogP contribution in [0.25, 0.3) is 10.9 Å². The fourth-order valence-electron chi connectivity index (χ4n) is 2.95. The van der Waals surface area contributed by atoms with E-state index in [4.69, 9.17) is 28.5 Å². The standard InChI is InChI=1S/C15H11BrCl2FN5O2/c16-10-9(17)5-8-12(11(10)19)21-14(18)22-13(8)23-3-4-24(15(25)26)7(6-23)1-2-20/h5,7H,1,3-4,6H2,(H,25,26)/t7-/m0/s1. The zero-order valence-corrected chi connectivity index (χ0v) is 16.2. The van der Waals surface area contributed by atoms with Gasteiger partial charge in [-0.25, -0.2) is 14.2 Å². The molecule has 0 radical (unpaired) electrons. The number of piperazine rings is 1. The monoisotopic (exact) mass is 461 g/mol. The van der Waals surface area contributed by atoms with Crippen molar-refractivity contribution in [2.45, 2.75) is 12.5 Å². The summed E-state index contributed by atoms with van der Waals surface area (Å²) in [7, 11) is 0. The summed E-state index contributed by atoms with van der Waals surface area (Å²) in [6, 6.07) is 2.98. The highest BCUT2D eigenvalue weighted by atomic mass is 79.9. The maximum absolute atomic E-state index is 14.5. The van der Waals surface area contributed by atoms with Crippen LogP contribution in [0, 0.1) is 17.1 Å². The second-order valence-electron chi connectivity index (χ2n) is 5.64. The summed E-state index contributed by atoms with van der Waals surface area (Å²) < 4.78 is 14.6. The van der Waals surface area contributed by atoms with Gasteiger partial charge in [0.25, 0.3) is 0 Å². The fraction of sp³-hybridized carbons (Fsp3) is 0.333. The van der Waals surface area contributed by atoms with Crippen molar-refractivity contribution in [3.8, 4) is 6.07 Å². The second-order valence-corrected chi connectivity index (χ2v) is 7.18. The molecule has 1 N–H and O–H groups in total. The molecule has 3 rings (SSSR count). The van der Waals surface area contributed by atoms with E-state index in [9.17, 15) is 14.3 Å². The molecule has 1 atom stereocenters. The summed E-state index contributed by atoms with van der Waals surface area (Å²) in [5.74, 6) is -0.308. The average Bonchev–Trinajstić information content (AvgIpc) is 2.60. The lowest BCUT2D eigenvalue weighted by molar-refractivity contribution is 0.119. The number of anilines is 1. The zero-order valence-electron chi connectivity index (χ0n) is 13.1. The Labute approximate surface area is 166 Å². The van der Waals surface area contributed by atoms with Gasteiger partial charge in [0.2, 0.25) is 5.28 Å². The van der Waals surface area contributed by atoms with Crippen LogP contribution in [-0.4, -0.2) is 51.7 Å². The van der Waals surface area contributed by atoms with Crippen LogP contribution in [0.5, 0.6) is 0 Å². The molecular weight excluding hydrogens is 452 g/mol. The summed E-state index contributed by atoms with van der Waals surface area (Å²) in [6.07, 6.45) is -1.06. The van der Waals surface area contributed by atoms with Crippen LogP contribution in [0.2, 0.25) is 10.3 Å². The van der Waals surface area contributed by atoms with Crippen molar-refractivity contribution < 1.29 is 14.3 Å². The van der Waals surface area contributed by atoms with Gasteiger partial charge in [-0.1, -0.05) is 11.6 Å². The predicted octanol–water partition coefficient (Wildman–Crippen LogP) is 3.92. The summed E-state index contributed by atoms with van der Waals surface area (Å²) in [4.78, 5) is 22.5. The summed E-state index contributed by atoms with van der Waals surface area (Å²) in [5.41, 5.74) is 0.00812. The first-order chi connectivity index (χ1) is 12.3. The Hall–Kier alpha value is -1.89. The summed E-state index contributed by atoms with van der Waals surface area (Å²) in [5, 5.41) is 18.7. The van der Waals surface area contributed by atoms with E-state index in [0.717, 1.165) is 0 Å². The van der Waals surface area contributed by atoms with Gasteiger partial charge in [-0.3, -0.25) is 0 Å². The molecule has 0 spiro atoms. The lowest BCUT2D eigenvalue weighted by Crippen LogP contribution is -2.55. The number of benzene rings is 1. The zero-order chi connectivity index (χ0) is 19.0. The van der Waals surface area contributed by atoms with Gasteiger partial charge in [0, 0.05) is 25.0 Å². The highest BCUT2D eigenvalue weighted by molar-refractivity contribution is 9.10. The molecule has 1 aromatic carbocycles. The van der Waals surface area contributed by atoms with Gasteiger partial charge in [0.15, 0.2) is 5.82 Å². The molecule has 26 heavy (non-hydrogen) atoms. The van der Waals surface area contributed by atoms with Gasteiger partial charge in [-0.05, 0) is 33.6 Å². The Balaban J connectivity index is 2.08. The van der Waals surface area contributed by atoms with Crippen molar-refractivity contribution in [1.29, 1.82) is 5.26 Å². The van der Waals surface area contributed by atoms with Crippen LogP contribution >= 0.6 is 39.1 Å². The Bertz CT molecular complexity index is 939. The number of hydrogen-bond acceptors (Lipinski definition) is 5. The predicted molar refractivity (Wildman–Crippen MR) is 98.2 cm³/mol. The minimum atomic E-state index is -1.09. The number of nitriles is 1. The Morgan fingerprint density at radius 2 is 2.19 bits per heavy atom. The van der Waals surface area contributed by atoms with E-state index in [-0.39, 0.29) is 39.8 Å². The average molecular weight is 463 g/mol. The van der Waals surface area contributed by atoms with E-state index in [1.54, 1.807) is 4.90 Å². The number of nitrogens with zero attached hydrogens (tertiary/aromatic N) is 5. The van der Waals surface area contributed by atoms with E-state index in [0.29, 0.717) is 17.7 Å². The molecule has 136 valence electrons. The lowest BCUT2D eigenvalue weighted by atomic mass is 10.1. The Morgan fingerprint density at radius 1 is 1.46 bits per heavy atom. The molecule has 0 aliphatic carbocycles. The van der Waals surface area contributed by atoms with Gasteiger partial charge in [-0.15, -0.1) is 0 Å². The Morgan fingerprint density at radius 3 is 2.85 bits per heavy atom. The number of carbonyl (C=O) groups is 1. The minimum Gasteiger partial charge on any atom is -0.465 e. The lowest BCUT2D eigenvalue weighted by Gasteiger charge is -2.39. The molecule has 11 heteroatoms. The number of hydrogen-bond donors (Lipinski definition) is 1. The van der Waals surface area contributed by atoms with Gasteiger partial charge < -0.3 is 14.9 Å². The van der Waals surface area contributed by atoms with E-state index < -0.39 is 18.0 Å². The van der Waals surface area contributed by atoms with Crippen LogP contribution in [0.3, 0.4) is 0 Å². The van der Waals surface area contributed by atoms with E-state index in [1.165, 1.54) is 11.0 Å². The number of rotatable bonds is 2. The quantitative estimate of drug-likeness (QED) is 0.537. The summed E-state index contributed by atoms with van der Waals surface area (Å²) in [6.45, 7) is 0.709.